The third-order valence-electron chi connectivity index (χ3n) is 4.34. The molecule has 0 amide bonds. The third-order valence-corrected chi connectivity index (χ3v) is 4.34. The SMILES string of the molecule is C.CCCCCCCCCCCCCCCC(=O)C(C)(C)C. The first-order chi connectivity index (χ1) is 9.98. The van der Waals surface area contributed by atoms with Crippen LogP contribution in [0.5, 0.6) is 0 Å². The molecule has 0 fully saturated rings. The van der Waals surface area contributed by atoms with Crippen LogP contribution in [0.15, 0.2) is 0 Å². The van der Waals surface area contributed by atoms with Crippen molar-refractivity contribution in [1.29, 1.82) is 0 Å². The number of hydrogen-bond donors (Lipinski definition) is 0. The summed E-state index contributed by atoms with van der Waals surface area (Å²) in [6.07, 6.45) is 18.5. The molecule has 0 rings (SSSR count). The van der Waals surface area contributed by atoms with Crippen molar-refractivity contribution in [2.45, 2.75) is 125 Å². The van der Waals surface area contributed by atoms with E-state index >= 15 is 0 Å². The Morgan fingerprint density at radius 2 is 0.955 bits per heavy atom. The Morgan fingerprint density at radius 1 is 0.636 bits per heavy atom. The lowest BCUT2D eigenvalue weighted by atomic mass is 9.88. The second kappa shape index (κ2) is 15.6. The highest BCUT2D eigenvalue weighted by molar-refractivity contribution is 5.83. The van der Waals surface area contributed by atoms with Gasteiger partial charge in [0, 0.05) is 11.8 Å². The maximum absolute atomic E-state index is 11.8. The fourth-order valence-corrected chi connectivity index (χ4v) is 2.68. The van der Waals surface area contributed by atoms with Gasteiger partial charge >= 0.3 is 0 Å². The van der Waals surface area contributed by atoms with E-state index in [1.165, 1.54) is 77.0 Å². The molecule has 1 nitrogen and oxygen atoms in total. The number of ketones is 1. The average Bonchev–Trinajstić information content (AvgIpc) is 2.42. The Morgan fingerprint density at radius 3 is 1.27 bits per heavy atom. The van der Waals surface area contributed by atoms with Gasteiger partial charge in [0.25, 0.3) is 0 Å². The van der Waals surface area contributed by atoms with Gasteiger partial charge in [0.05, 0.1) is 0 Å². The van der Waals surface area contributed by atoms with Gasteiger partial charge in [0.1, 0.15) is 5.78 Å². The minimum Gasteiger partial charge on any atom is -0.299 e. The lowest BCUT2D eigenvalue weighted by Crippen LogP contribution is -2.19. The molecule has 0 atom stereocenters. The highest BCUT2D eigenvalue weighted by Crippen LogP contribution is 2.19. The van der Waals surface area contributed by atoms with Crippen LogP contribution in [0.1, 0.15) is 125 Å². The molecule has 0 heterocycles. The van der Waals surface area contributed by atoms with Crippen molar-refractivity contribution in [2.75, 3.05) is 0 Å². The van der Waals surface area contributed by atoms with Crippen molar-refractivity contribution in [3.05, 3.63) is 0 Å². The van der Waals surface area contributed by atoms with Gasteiger partial charge in [-0.2, -0.15) is 0 Å². The van der Waals surface area contributed by atoms with E-state index in [9.17, 15) is 4.79 Å². The molecule has 0 aliphatic carbocycles. The number of carbonyl (C=O) groups is 1. The third kappa shape index (κ3) is 16.0. The van der Waals surface area contributed by atoms with E-state index in [0.29, 0.717) is 5.78 Å². The van der Waals surface area contributed by atoms with Gasteiger partial charge in [-0.05, 0) is 6.42 Å². The Labute approximate surface area is 141 Å². The van der Waals surface area contributed by atoms with Crippen LogP contribution in [0.25, 0.3) is 0 Å². The molecule has 0 aliphatic heterocycles. The molecule has 1 heteroatoms. The maximum atomic E-state index is 11.8. The summed E-state index contributed by atoms with van der Waals surface area (Å²) >= 11 is 0. The van der Waals surface area contributed by atoms with Crippen LogP contribution in [-0.4, -0.2) is 5.78 Å². The first-order valence-corrected chi connectivity index (χ1v) is 9.51. The summed E-state index contributed by atoms with van der Waals surface area (Å²) in [4.78, 5) is 11.8. The topological polar surface area (TPSA) is 17.1 Å². The Kier molecular flexibility index (Phi) is 16.9. The van der Waals surface area contributed by atoms with E-state index in [4.69, 9.17) is 0 Å². The van der Waals surface area contributed by atoms with E-state index in [1.807, 2.05) is 20.8 Å². The summed E-state index contributed by atoms with van der Waals surface area (Å²) in [6, 6.07) is 0. The number of carbonyl (C=O) groups excluding carboxylic acids is 1. The summed E-state index contributed by atoms with van der Waals surface area (Å²) in [5.74, 6) is 0.422. The van der Waals surface area contributed by atoms with E-state index in [1.54, 1.807) is 0 Å². The monoisotopic (exact) mass is 312 g/mol. The van der Waals surface area contributed by atoms with Crippen LogP contribution in [0, 0.1) is 5.41 Å². The molecule has 0 saturated heterocycles. The minimum atomic E-state index is -0.142. The van der Waals surface area contributed by atoms with Crippen LogP contribution < -0.4 is 0 Å². The molecule has 0 aromatic rings. The fraction of sp³-hybridized carbons (Fsp3) is 0.952. The zero-order valence-electron chi connectivity index (χ0n) is 15.3. The van der Waals surface area contributed by atoms with Gasteiger partial charge in [-0.1, -0.05) is 112 Å². The van der Waals surface area contributed by atoms with Crippen LogP contribution in [-0.2, 0) is 4.79 Å². The van der Waals surface area contributed by atoms with Gasteiger partial charge in [0.2, 0.25) is 0 Å². The average molecular weight is 313 g/mol. The van der Waals surface area contributed by atoms with E-state index in [2.05, 4.69) is 6.92 Å². The van der Waals surface area contributed by atoms with Crippen LogP contribution in [0.2, 0.25) is 0 Å². The van der Waals surface area contributed by atoms with Crippen molar-refractivity contribution in [3.63, 3.8) is 0 Å². The van der Waals surface area contributed by atoms with Gasteiger partial charge in [0.15, 0.2) is 0 Å². The summed E-state index contributed by atoms with van der Waals surface area (Å²) in [6.45, 7) is 8.35. The second-order valence-electron chi connectivity index (χ2n) is 7.67. The molecule has 0 saturated carbocycles. The highest BCUT2D eigenvalue weighted by atomic mass is 16.1. The Hall–Kier alpha value is -0.330. The highest BCUT2D eigenvalue weighted by Gasteiger charge is 2.19. The van der Waals surface area contributed by atoms with Gasteiger partial charge in [-0.15, -0.1) is 0 Å². The lowest BCUT2D eigenvalue weighted by molar-refractivity contribution is -0.126. The van der Waals surface area contributed by atoms with Gasteiger partial charge in [-0.25, -0.2) is 0 Å². The molecule has 0 unspecified atom stereocenters. The smallest absolute Gasteiger partial charge is 0.138 e. The number of hydrogen-bond acceptors (Lipinski definition) is 1. The Bertz CT molecular complexity index is 237. The molecular formula is C21H44O. The molecule has 0 bridgehead atoms. The molecule has 0 aromatic carbocycles. The molecular weight excluding hydrogens is 268 g/mol. The van der Waals surface area contributed by atoms with Crippen molar-refractivity contribution >= 4 is 5.78 Å². The summed E-state index contributed by atoms with van der Waals surface area (Å²) in [5.41, 5.74) is -0.142. The molecule has 0 N–H and O–H groups in total. The molecule has 0 aliphatic rings. The predicted octanol–water partition coefficient (Wildman–Crippen LogP) is 7.72. The molecule has 22 heavy (non-hydrogen) atoms. The summed E-state index contributed by atoms with van der Waals surface area (Å²) in [7, 11) is 0. The van der Waals surface area contributed by atoms with Crippen molar-refractivity contribution < 1.29 is 4.79 Å². The van der Waals surface area contributed by atoms with E-state index in [0.717, 1.165) is 12.8 Å². The largest absolute Gasteiger partial charge is 0.299 e. The Balaban J connectivity index is 0. The quantitative estimate of drug-likeness (QED) is 0.300. The lowest BCUT2D eigenvalue weighted by Gasteiger charge is -2.16. The number of rotatable bonds is 14. The molecule has 0 spiro atoms. The number of unbranched alkanes of at least 4 members (excludes halogenated alkanes) is 12. The predicted molar refractivity (Wildman–Crippen MR) is 102 cm³/mol. The van der Waals surface area contributed by atoms with Crippen molar-refractivity contribution in [3.8, 4) is 0 Å². The fourth-order valence-electron chi connectivity index (χ4n) is 2.68. The van der Waals surface area contributed by atoms with Crippen LogP contribution in [0.4, 0.5) is 0 Å². The first kappa shape index (κ1) is 23.9. The maximum Gasteiger partial charge on any atom is 0.138 e. The first-order valence-electron chi connectivity index (χ1n) is 9.51. The van der Waals surface area contributed by atoms with Gasteiger partial charge in [-0.3, -0.25) is 4.79 Å². The molecule has 134 valence electrons. The van der Waals surface area contributed by atoms with Gasteiger partial charge < -0.3 is 0 Å². The molecule has 0 radical (unpaired) electrons. The minimum absolute atomic E-state index is 0. The van der Waals surface area contributed by atoms with E-state index < -0.39 is 0 Å². The summed E-state index contributed by atoms with van der Waals surface area (Å²) < 4.78 is 0. The second-order valence-corrected chi connectivity index (χ2v) is 7.67. The van der Waals surface area contributed by atoms with Crippen LogP contribution >= 0.6 is 0 Å². The van der Waals surface area contributed by atoms with Crippen molar-refractivity contribution in [2.24, 2.45) is 5.41 Å². The normalized spacial score (nSPS) is 11.3. The number of Topliss-reactive ketones (excluding diaryl/α,β-unsaturated/α-hetero) is 1. The molecule has 0 aromatic heterocycles. The van der Waals surface area contributed by atoms with Crippen LogP contribution in [0.3, 0.4) is 0 Å². The van der Waals surface area contributed by atoms with Crippen molar-refractivity contribution in [1.82, 2.24) is 0 Å². The summed E-state index contributed by atoms with van der Waals surface area (Å²) in [5, 5.41) is 0. The van der Waals surface area contributed by atoms with E-state index in [-0.39, 0.29) is 12.8 Å². The zero-order valence-corrected chi connectivity index (χ0v) is 15.3. The zero-order chi connectivity index (χ0) is 16.0. The standard InChI is InChI=1S/C20H40O.CH4/c1-5-6-7-8-9-10-11-12-13-14-15-16-17-18-19(21)20(2,3)4;/h5-18H2,1-4H3;1H4.